The topological polar surface area (TPSA) is 141 Å². The normalized spacial score (nSPS) is 13.6. The Morgan fingerprint density at radius 2 is 2.31 bits per heavy atom. The minimum atomic E-state index is -3.95. The summed E-state index contributed by atoms with van der Waals surface area (Å²) in [7, 11) is -3.95. The van der Waals surface area contributed by atoms with Crippen molar-refractivity contribution in [3.8, 4) is 0 Å². The fraction of sp³-hybridized carbons (Fsp3) is 0.500. The summed E-state index contributed by atoms with van der Waals surface area (Å²) >= 11 is 0. The van der Waals surface area contributed by atoms with Crippen LogP contribution in [0.5, 0.6) is 0 Å². The zero-order valence-corrected chi connectivity index (χ0v) is 8.87. The Bertz CT molecular complexity index is 481. The van der Waals surface area contributed by atoms with Gasteiger partial charge in [-0.05, 0) is 9.91 Å². The Kier molecular flexibility index (Phi) is 3.57. The highest BCUT2D eigenvalue weighted by Gasteiger charge is 2.25. The second kappa shape index (κ2) is 4.55. The smallest absolute Gasteiger partial charge is 0.381 e. The van der Waals surface area contributed by atoms with E-state index in [1.165, 1.54) is 0 Å². The first-order chi connectivity index (χ1) is 7.36. The summed E-state index contributed by atoms with van der Waals surface area (Å²) in [6, 6.07) is 0. The lowest BCUT2D eigenvalue weighted by Gasteiger charge is -2.12. The molecule has 0 radical (unpaired) electrons. The molecule has 0 saturated carbocycles. The molecule has 0 aliphatic rings. The van der Waals surface area contributed by atoms with Crippen LogP contribution >= 0.6 is 0 Å². The summed E-state index contributed by atoms with van der Waals surface area (Å²) < 4.78 is 23.3. The van der Waals surface area contributed by atoms with Crippen LogP contribution < -0.4 is 5.14 Å². The zero-order valence-electron chi connectivity index (χ0n) is 8.05. The maximum atomic E-state index is 11.1. The first-order valence-corrected chi connectivity index (χ1v) is 5.77. The van der Waals surface area contributed by atoms with Gasteiger partial charge in [-0.25, -0.2) is 13.6 Å². The van der Waals surface area contributed by atoms with E-state index >= 15 is 0 Å². The first kappa shape index (κ1) is 12.5. The number of hydrogen-bond donors (Lipinski definition) is 2. The third kappa shape index (κ3) is 2.74. The minimum Gasteiger partial charge on any atom is -0.396 e. The quantitative estimate of drug-likeness (QED) is 0.505. The molecule has 90 valence electrons. The average molecular weight is 250 g/mol. The molecule has 0 bridgehead atoms. The molecule has 0 amide bonds. The molecule has 0 aromatic carbocycles. The molecule has 1 aromatic heterocycles. The highest BCUT2D eigenvalue weighted by atomic mass is 32.2. The van der Waals surface area contributed by atoms with Gasteiger partial charge in [-0.1, -0.05) is 0 Å². The van der Waals surface area contributed by atoms with Crippen molar-refractivity contribution in [3.05, 3.63) is 22.6 Å². The van der Waals surface area contributed by atoms with E-state index < -0.39 is 32.7 Å². The van der Waals surface area contributed by atoms with Crippen molar-refractivity contribution < 1.29 is 18.4 Å². The SMILES string of the molecule is NS(=O)(=O)C(CCO)n1cnc([N+](=O)[O-])c1. The molecule has 10 heteroatoms. The van der Waals surface area contributed by atoms with Gasteiger partial charge in [0.1, 0.15) is 6.20 Å². The van der Waals surface area contributed by atoms with Crippen LogP contribution in [0.15, 0.2) is 12.5 Å². The van der Waals surface area contributed by atoms with E-state index in [0.29, 0.717) is 0 Å². The molecular formula is C6H10N4O5S. The zero-order chi connectivity index (χ0) is 12.3. The van der Waals surface area contributed by atoms with E-state index in [-0.39, 0.29) is 6.42 Å². The number of aromatic nitrogens is 2. The highest BCUT2D eigenvalue weighted by molar-refractivity contribution is 7.89. The van der Waals surface area contributed by atoms with Crippen molar-refractivity contribution in [3.63, 3.8) is 0 Å². The predicted octanol–water partition coefficient (Wildman–Crippen LogP) is -1.04. The second-order valence-corrected chi connectivity index (χ2v) is 4.71. The highest BCUT2D eigenvalue weighted by Crippen LogP contribution is 2.18. The Labute approximate surface area is 90.7 Å². The van der Waals surface area contributed by atoms with Gasteiger partial charge in [0.2, 0.25) is 16.4 Å². The van der Waals surface area contributed by atoms with Gasteiger partial charge in [-0.15, -0.1) is 0 Å². The van der Waals surface area contributed by atoms with Gasteiger partial charge < -0.3 is 15.2 Å². The Morgan fingerprint density at radius 1 is 1.69 bits per heavy atom. The van der Waals surface area contributed by atoms with Crippen LogP contribution in [0.3, 0.4) is 0 Å². The van der Waals surface area contributed by atoms with Crippen LogP contribution in [-0.4, -0.2) is 34.6 Å². The van der Waals surface area contributed by atoms with Gasteiger partial charge in [0, 0.05) is 13.0 Å². The fourth-order valence-corrected chi connectivity index (χ4v) is 2.06. The van der Waals surface area contributed by atoms with Crippen LogP contribution in [0, 0.1) is 10.1 Å². The summed E-state index contributed by atoms with van der Waals surface area (Å²) in [5.41, 5.74) is 0. The third-order valence-electron chi connectivity index (χ3n) is 1.86. The van der Waals surface area contributed by atoms with Crippen molar-refractivity contribution in [2.45, 2.75) is 11.8 Å². The van der Waals surface area contributed by atoms with Crippen molar-refractivity contribution in [2.24, 2.45) is 5.14 Å². The van der Waals surface area contributed by atoms with Crippen LogP contribution in [0.1, 0.15) is 11.8 Å². The molecule has 0 aliphatic heterocycles. The minimum absolute atomic E-state index is 0.160. The number of nitrogens with two attached hydrogens (primary N) is 1. The maximum Gasteiger partial charge on any atom is 0.381 e. The summed E-state index contributed by atoms with van der Waals surface area (Å²) in [5, 5.41) is 22.7. The monoisotopic (exact) mass is 250 g/mol. The Hall–Kier alpha value is -1.52. The van der Waals surface area contributed by atoms with Gasteiger partial charge in [-0.3, -0.25) is 4.57 Å². The largest absolute Gasteiger partial charge is 0.396 e. The summed E-state index contributed by atoms with van der Waals surface area (Å²) in [6.45, 7) is -0.410. The summed E-state index contributed by atoms with van der Waals surface area (Å²) in [5.74, 6) is -0.480. The molecule has 3 N–H and O–H groups in total. The molecule has 0 spiro atoms. The van der Waals surface area contributed by atoms with Crippen LogP contribution in [0.4, 0.5) is 5.82 Å². The average Bonchev–Trinajstić information content (AvgIpc) is 2.60. The number of rotatable bonds is 5. The van der Waals surface area contributed by atoms with Gasteiger partial charge in [-0.2, -0.15) is 0 Å². The van der Waals surface area contributed by atoms with Gasteiger partial charge in [0.15, 0.2) is 5.37 Å². The third-order valence-corrected chi connectivity index (χ3v) is 3.10. The van der Waals surface area contributed by atoms with E-state index in [1.54, 1.807) is 0 Å². The molecule has 9 nitrogen and oxygen atoms in total. The van der Waals surface area contributed by atoms with Crippen molar-refractivity contribution in [1.82, 2.24) is 9.55 Å². The molecule has 1 heterocycles. The second-order valence-electron chi connectivity index (χ2n) is 2.99. The van der Waals surface area contributed by atoms with Crippen LogP contribution in [0.25, 0.3) is 0 Å². The van der Waals surface area contributed by atoms with E-state index in [1.807, 2.05) is 0 Å². The molecule has 1 atom stereocenters. The molecule has 0 aliphatic carbocycles. The van der Waals surface area contributed by atoms with Gasteiger partial charge in [0.05, 0.1) is 0 Å². The van der Waals surface area contributed by atoms with Crippen molar-refractivity contribution in [1.29, 1.82) is 0 Å². The molecule has 0 fully saturated rings. The molecule has 16 heavy (non-hydrogen) atoms. The number of nitrogens with zero attached hydrogens (tertiary/aromatic N) is 3. The number of aliphatic hydroxyl groups excluding tert-OH is 1. The number of primary sulfonamides is 1. The van der Waals surface area contributed by atoms with E-state index in [2.05, 4.69) is 4.98 Å². The lowest BCUT2D eigenvalue weighted by Crippen LogP contribution is -2.26. The molecule has 1 aromatic rings. The summed E-state index contributed by atoms with van der Waals surface area (Å²) in [6.07, 6.45) is 1.78. The predicted molar refractivity (Wildman–Crippen MR) is 52.7 cm³/mol. The standard InChI is InChI=1S/C6H10N4O5S/c7-16(14,15)6(1-2-11)9-3-5(8-4-9)10(12)13/h3-4,6,11H,1-2H2,(H2,7,14,15). The van der Waals surface area contributed by atoms with Crippen LogP contribution in [-0.2, 0) is 10.0 Å². The first-order valence-electron chi connectivity index (χ1n) is 4.16. The molecular weight excluding hydrogens is 240 g/mol. The lowest BCUT2D eigenvalue weighted by molar-refractivity contribution is -0.389. The number of aliphatic hydroxyl groups is 1. The maximum absolute atomic E-state index is 11.1. The van der Waals surface area contributed by atoms with Gasteiger partial charge in [0.25, 0.3) is 0 Å². The lowest BCUT2D eigenvalue weighted by atomic mass is 10.4. The Morgan fingerprint density at radius 3 is 2.69 bits per heavy atom. The molecule has 0 saturated heterocycles. The Balaban J connectivity index is 3.07. The summed E-state index contributed by atoms with van der Waals surface area (Å²) in [4.78, 5) is 13.0. The number of imidazole rings is 1. The van der Waals surface area contributed by atoms with E-state index in [0.717, 1.165) is 17.1 Å². The fourth-order valence-electron chi connectivity index (χ4n) is 1.17. The number of sulfonamides is 1. The van der Waals surface area contributed by atoms with E-state index in [9.17, 15) is 18.5 Å². The van der Waals surface area contributed by atoms with Crippen LogP contribution in [0.2, 0.25) is 0 Å². The van der Waals surface area contributed by atoms with Gasteiger partial charge >= 0.3 is 5.82 Å². The number of nitro groups is 1. The molecule has 1 unspecified atom stereocenters. The van der Waals surface area contributed by atoms with E-state index in [4.69, 9.17) is 10.2 Å². The van der Waals surface area contributed by atoms with Crippen molar-refractivity contribution >= 4 is 15.8 Å². The van der Waals surface area contributed by atoms with Crippen molar-refractivity contribution in [2.75, 3.05) is 6.61 Å². The molecule has 1 rings (SSSR count). The number of hydrogen-bond acceptors (Lipinski definition) is 6.